The molecule has 5 rings (SSSR count). The van der Waals surface area contributed by atoms with Crippen LogP contribution in [0.25, 0.3) is 22.4 Å². The number of hydrogen-bond donors (Lipinski definition) is 0. The molecule has 2 aromatic carbocycles. The Balaban J connectivity index is 1.55. The summed E-state index contributed by atoms with van der Waals surface area (Å²) in [6, 6.07) is 17.1. The third kappa shape index (κ3) is 5.24. The molecule has 0 spiro atoms. The third-order valence-electron chi connectivity index (χ3n) is 7.73. The minimum atomic E-state index is 0.0419. The van der Waals surface area contributed by atoms with Crippen molar-refractivity contribution >= 4 is 23.2 Å². The summed E-state index contributed by atoms with van der Waals surface area (Å²) < 4.78 is 0. The highest BCUT2D eigenvalue weighted by atomic mass is 16.2. The van der Waals surface area contributed by atoms with E-state index in [1.807, 2.05) is 34.2 Å². The fourth-order valence-corrected chi connectivity index (χ4v) is 5.29. The molecule has 0 bridgehead atoms. The number of carbonyl (C=O) groups is 2. The molecule has 0 radical (unpaired) electrons. The largest absolute Gasteiger partial charge is 0.312 e. The Kier molecular flexibility index (Phi) is 6.66. The fourth-order valence-electron chi connectivity index (χ4n) is 5.29. The molecule has 1 aromatic heterocycles. The van der Waals surface area contributed by atoms with E-state index in [2.05, 4.69) is 71.9 Å². The summed E-state index contributed by atoms with van der Waals surface area (Å²) in [4.78, 5) is 33.7. The van der Waals surface area contributed by atoms with Crippen LogP contribution < -0.4 is 9.80 Å². The predicted molar refractivity (Wildman–Crippen MR) is 156 cm³/mol. The summed E-state index contributed by atoms with van der Waals surface area (Å²) >= 11 is 0. The number of aromatic nitrogens is 1. The van der Waals surface area contributed by atoms with Crippen LogP contribution in [0.5, 0.6) is 0 Å². The van der Waals surface area contributed by atoms with E-state index in [1.165, 1.54) is 16.7 Å². The van der Waals surface area contributed by atoms with Gasteiger partial charge >= 0.3 is 0 Å². The van der Waals surface area contributed by atoms with Crippen LogP contribution in [0.4, 0.5) is 11.4 Å². The van der Waals surface area contributed by atoms with Crippen molar-refractivity contribution in [3.8, 4) is 22.4 Å². The number of anilines is 2. The standard InChI is InChI=1S/C33H39N3O2/c1-32(2,3)25-15-23(16-26(19-25)33(4,5)6)22-11-12-29(34-21-22)24-17-27(35-13-7-9-30(35)37)20-28(18-24)36-14-8-10-31(36)38/h11-12,15-21H,7-10,13-14H2,1-6H3. The molecular formula is C33H39N3O2. The number of hydrogen-bond acceptors (Lipinski definition) is 3. The van der Waals surface area contributed by atoms with Crippen LogP contribution in [0.1, 0.15) is 78.4 Å². The van der Waals surface area contributed by atoms with Gasteiger partial charge in [0.05, 0.1) is 5.69 Å². The number of benzene rings is 2. The van der Waals surface area contributed by atoms with Gasteiger partial charge in [0.2, 0.25) is 11.8 Å². The van der Waals surface area contributed by atoms with Gasteiger partial charge in [0, 0.05) is 54.6 Å². The lowest BCUT2D eigenvalue weighted by atomic mass is 9.79. The van der Waals surface area contributed by atoms with Crippen LogP contribution in [-0.2, 0) is 20.4 Å². The fraction of sp³-hybridized carbons (Fsp3) is 0.424. The quantitative estimate of drug-likeness (QED) is 0.372. The lowest BCUT2D eigenvalue weighted by molar-refractivity contribution is -0.117. The van der Waals surface area contributed by atoms with Crippen molar-refractivity contribution < 1.29 is 9.59 Å². The minimum Gasteiger partial charge on any atom is -0.312 e. The van der Waals surface area contributed by atoms with Gasteiger partial charge in [0.25, 0.3) is 0 Å². The number of amides is 2. The van der Waals surface area contributed by atoms with Gasteiger partial charge in [0.15, 0.2) is 0 Å². The van der Waals surface area contributed by atoms with Crippen molar-refractivity contribution in [2.45, 2.75) is 78.1 Å². The number of pyridine rings is 1. The molecule has 5 heteroatoms. The van der Waals surface area contributed by atoms with Crippen LogP contribution in [-0.4, -0.2) is 29.9 Å². The summed E-state index contributed by atoms with van der Waals surface area (Å²) in [7, 11) is 0. The molecule has 0 aliphatic carbocycles. The first kappa shape index (κ1) is 26.1. The molecule has 2 amide bonds. The smallest absolute Gasteiger partial charge is 0.227 e. The zero-order chi connectivity index (χ0) is 27.2. The second-order valence-electron chi connectivity index (χ2n) is 12.8. The van der Waals surface area contributed by atoms with Crippen molar-refractivity contribution in [2.75, 3.05) is 22.9 Å². The lowest BCUT2D eigenvalue weighted by Gasteiger charge is -2.26. The Morgan fingerprint density at radius 3 is 1.55 bits per heavy atom. The van der Waals surface area contributed by atoms with E-state index < -0.39 is 0 Å². The lowest BCUT2D eigenvalue weighted by Crippen LogP contribution is -2.26. The summed E-state index contributed by atoms with van der Waals surface area (Å²) in [5.41, 5.74) is 8.39. The maximum absolute atomic E-state index is 12.5. The first-order valence-corrected chi connectivity index (χ1v) is 13.8. The average Bonchev–Trinajstić information content (AvgIpc) is 3.50. The molecule has 0 unspecified atom stereocenters. The highest BCUT2D eigenvalue weighted by Crippen LogP contribution is 2.36. The van der Waals surface area contributed by atoms with Crippen molar-refractivity contribution in [1.82, 2.24) is 4.98 Å². The predicted octanol–water partition coefficient (Wildman–Crippen LogP) is 7.26. The molecular weight excluding hydrogens is 470 g/mol. The topological polar surface area (TPSA) is 53.5 Å². The van der Waals surface area contributed by atoms with E-state index in [4.69, 9.17) is 4.98 Å². The zero-order valence-electron chi connectivity index (χ0n) is 23.6. The van der Waals surface area contributed by atoms with Crippen LogP contribution in [0.15, 0.2) is 54.7 Å². The maximum atomic E-state index is 12.5. The molecule has 0 saturated carbocycles. The van der Waals surface area contributed by atoms with Crippen LogP contribution in [0, 0.1) is 0 Å². The molecule has 2 aliphatic rings. The van der Waals surface area contributed by atoms with Gasteiger partial charge in [-0.05, 0) is 64.6 Å². The van der Waals surface area contributed by atoms with Gasteiger partial charge in [-0.25, -0.2) is 0 Å². The van der Waals surface area contributed by atoms with E-state index in [1.54, 1.807) is 0 Å². The molecule has 198 valence electrons. The first-order valence-electron chi connectivity index (χ1n) is 13.8. The Morgan fingerprint density at radius 1 is 0.632 bits per heavy atom. The molecule has 0 N–H and O–H groups in total. The van der Waals surface area contributed by atoms with E-state index in [0.29, 0.717) is 25.9 Å². The van der Waals surface area contributed by atoms with Crippen molar-refractivity contribution in [3.63, 3.8) is 0 Å². The molecule has 2 fully saturated rings. The molecule has 3 heterocycles. The SMILES string of the molecule is CC(C)(C)c1cc(-c2ccc(-c3cc(N4CCCC4=O)cc(N4CCCC4=O)c3)nc2)cc(C(C)(C)C)c1. The van der Waals surface area contributed by atoms with Gasteiger partial charge in [0.1, 0.15) is 0 Å². The summed E-state index contributed by atoms with van der Waals surface area (Å²) in [5.74, 6) is 0.273. The normalized spacial score (nSPS) is 16.6. The van der Waals surface area contributed by atoms with Gasteiger partial charge in [-0.3, -0.25) is 14.6 Å². The van der Waals surface area contributed by atoms with Crippen LogP contribution in [0.2, 0.25) is 0 Å². The Hall–Kier alpha value is -3.47. The second-order valence-corrected chi connectivity index (χ2v) is 12.8. The monoisotopic (exact) mass is 509 g/mol. The molecule has 2 aliphatic heterocycles. The zero-order valence-corrected chi connectivity index (χ0v) is 23.6. The molecule has 38 heavy (non-hydrogen) atoms. The molecule has 2 saturated heterocycles. The third-order valence-corrected chi connectivity index (χ3v) is 7.73. The highest BCUT2D eigenvalue weighted by Gasteiger charge is 2.27. The van der Waals surface area contributed by atoms with Crippen molar-refractivity contribution in [1.29, 1.82) is 0 Å². The maximum Gasteiger partial charge on any atom is 0.227 e. The van der Waals surface area contributed by atoms with E-state index in [9.17, 15) is 9.59 Å². The second kappa shape index (κ2) is 9.68. The number of nitrogens with zero attached hydrogens (tertiary/aromatic N) is 3. The summed E-state index contributed by atoms with van der Waals surface area (Å²) in [6.45, 7) is 14.9. The van der Waals surface area contributed by atoms with Crippen LogP contribution in [0.3, 0.4) is 0 Å². The van der Waals surface area contributed by atoms with E-state index in [0.717, 1.165) is 41.0 Å². The molecule has 3 aromatic rings. The Bertz CT molecular complexity index is 1300. The summed E-state index contributed by atoms with van der Waals surface area (Å²) in [6.07, 6.45) is 4.80. The number of carbonyl (C=O) groups excluding carboxylic acids is 2. The van der Waals surface area contributed by atoms with E-state index >= 15 is 0 Å². The van der Waals surface area contributed by atoms with Gasteiger partial charge in [-0.2, -0.15) is 0 Å². The highest BCUT2D eigenvalue weighted by molar-refractivity contribution is 5.99. The van der Waals surface area contributed by atoms with Crippen molar-refractivity contribution in [2.24, 2.45) is 0 Å². The Morgan fingerprint density at radius 2 is 1.16 bits per heavy atom. The average molecular weight is 510 g/mol. The minimum absolute atomic E-state index is 0.0419. The molecule has 0 atom stereocenters. The summed E-state index contributed by atoms with van der Waals surface area (Å²) in [5, 5.41) is 0. The molecule has 5 nitrogen and oxygen atoms in total. The Labute approximate surface area is 226 Å². The van der Waals surface area contributed by atoms with Gasteiger partial charge in [-0.15, -0.1) is 0 Å². The van der Waals surface area contributed by atoms with E-state index in [-0.39, 0.29) is 22.6 Å². The van der Waals surface area contributed by atoms with Crippen LogP contribution >= 0.6 is 0 Å². The number of rotatable bonds is 4. The first-order chi connectivity index (χ1) is 17.9. The van der Waals surface area contributed by atoms with Gasteiger partial charge in [-0.1, -0.05) is 65.8 Å². The van der Waals surface area contributed by atoms with Crippen molar-refractivity contribution in [3.05, 3.63) is 65.9 Å². The van der Waals surface area contributed by atoms with Gasteiger partial charge < -0.3 is 9.80 Å².